The molecule has 2 N–H and O–H groups in total. The van der Waals surface area contributed by atoms with Gasteiger partial charge in [0.05, 0.1) is 0 Å². The molecule has 0 unspecified atom stereocenters. The van der Waals surface area contributed by atoms with Gasteiger partial charge in [-0.2, -0.15) is 0 Å². The van der Waals surface area contributed by atoms with Crippen LogP contribution >= 0.6 is 0 Å². The molecule has 1 aliphatic heterocycles. The van der Waals surface area contributed by atoms with Crippen LogP contribution in [0.3, 0.4) is 0 Å². The molecule has 0 spiro atoms. The highest BCUT2D eigenvalue weighted by atomic mass is 16.6. The lowest BCUT2D eigenvalue weighted by Crippen LogP contribution is -2.22. The molecular formula is C12H17NO3. The summed E-state index contributed by atoms with van der Waals surface area (Å²) < 4.78 is 4.87. The third kappa shape index (κ3) is 3.98. The van der Waals surface area contributed by atoms with Gasteiger partial charge in [0, 0.05) is 6.42 Å². The van der Waals surface area contributed by atoms with Gasteiger partial charge < -0.3 is 10.5 Å². The van der Waals surface area contributed by atoms with Crippen LogP contribution in [0, 0.1) is 0 Å². The molecule has 4 nitrogen and oxygen atoms in total. The first kappa shape index (κ1) is 12.6. The number of epoxide rings is 1. The first-order chi connectivity index (χ1) is 7.66. The number of allylic oxidation sites excluding steroid dienone is 4. The third-order valence-electron chi connectivity index (χ3n) is 2.31. The summed E-state index contributed by atoms with van der Waals surface area (Å²) >= 11 is 0. The van der Waals surface area contributed by atoms with Crippen molar-refractivity contribution in [2.45, 2.75) is 38.4 Å². The number of rotatable bonds is 7. The largest absolute Gasteiger partial charge is 0.367 e. The van der Waals surface area contributed by atoms with Crippen molar-refractivity contribution < 1.29 is 14.3 Å². The minimum Gasteiger partial charge on any atom is -0.367 e. The van der Waals surface area contributed by atoms with E-state index in [-0.39, 0.29) is 5.78 Å². The molecule has 0 aromatic heterocycles. The fourth-order valence-corrected chi connectivity index (χ4v) is 1.37. The lowest BCUT2D eigenvalue weighted by molar-refractivity contribution is -0.121. The number of unbranched alkanes of at least 4 members (excludes halogenated alkanes) is 1. The predicted octanol–water partition coefficient (Wildman–Crippen LogP) is 1.11. The number of ether oxygens (including phenoxy) is 1. The van der Waals surface area contributed by atoms with Crippen molar-refractivity contribution in [3.05, 3.63) is 24.3 Å². The Kier molecular flexibility index (Phi) is 4.92. The highest BCUT2D eigenvalue weighted by Gasteiger charge is 2.48. The van der Waals surface area contributed by atoms with Crippen LogP contribution < -0.4 is 5.73 Å². The summed E-state index contributed by atoms with van der Waals surface area (Å²) in [6.07, 6.45) is 8.75. The smallest absolute Gasteiger partial charge is 0.249 e. The second kappa shape index (κ2) is 6.23. The number of carbonyl (C=O) groups is 2. The minimum absolute atomic E-state index is 0.0777. The van der Waals surface area contributed by atoms with Crippen molar-refractivity contribution in [3.63, 3.8) is 0 Å². The van der Waals surface area contributed by atoms with E-state index in [1.54, 1.807) is 0 Å². The average Bonchev–Trinajstić information content (AvgIpc) is 3.02. The zero-order valence-corrected chi connectivity index (χ0v) is 9.39. The molecule has 1 aliphatic rings. The number of hydrogen-bond donors (Lipinski definition) is 1. The fourth-order valence-electron chi connectivity index (χ4n) is 1.37. The van der Waals surface area contributed by atoms with Crippen LogP contribution in [0.5, 0.6) is 0 Å². The molecule has 0 aliphatic carbocycles. The van der Waals surface area contributed by atoms with Crippen LogP contribution in [0.2, 0.25) is 0 Å². The average molecular weight is 223 g/mol. The highest BCUT2D eigenvalue weighted by molar-refractivity contribution is 5.95. The molecule has 1 saturated heterocycles. The Morgan fingerprint density at radius 1 is 1.19 bits per heavy atom. The van der Waals surface area contributed by atoms with Gasteiger partial charge >= 0.3 is 0 Å². The molecule has 1 heterocycles. The molecule has 1 fully saturated rings. The summed E-state index contributed by atoms with van der Waals surface area (Å²) in [5.74, 6) is -0.638. The molecule has 0 saturated carbocycles. The number of carbonyl (C=O) groups excluding carboxylic acids is 2. The summed E-state index contributed by atoms with van der Waals surface area (Å²) in [5.41, 5.74) is 4.99. The molecule has 1 rings (SSSR count). The van der Waals surface area contributed by atoms with E-state index >= 15 is 0 Å². The Bertz CT molecular complexity index is 320. The number of hydrogen-bond acceptors (Lipinski definition) is 3. The van der Waals surface area contributed by atoms with Gasteiger partial charge in [0.25, 0.3) is 0 Å². The Balaban J connectivity index is 2.14. The van der Waals surface area contributed by atoms with Crippen molar-refractivity contribution in [1.29, 1.82) is 0 Å². The first-order valence-corrected chi connectivity index (χ1v) is 5.40. The summed E-state index contributed by atoms with van der Waals surface area (Å²) in [5, 5.41) is 0. The topological polar surface area (TPSA) is 72.7 Å². The SMILES string of the molecule is C/C=C\CC/C=C\CC(=O)[C@H]1O[C@@H]1C(N)=O. The van der Waals surface area contributed by atoms with Crippen LogP contribution in [0.25, 0.3) is 0 Å². The fraction of sp³-hybridized carbons (Fsp3) is 0.500. The van der Waals surface area contributed by atoms with E-state index < -0.39 is 18.1 Å². The van der Waals surface area contributed by atoms with Crippen molar-refractivity contribution in [2.24, 2.45) is 5.73 Å². The molecule has 4 heteroatoms. The summed E-state index contributed by atoms with van der Waals surface area (Å²) in [4.78, 5) is 22.1. The number of Topliss-reactive ketones (excluding diaryl/α,β-unsaturated/α-hetero) is 1. The summed E-state index contributed by atoms with van der Waals surface area (Å²) in [6.45, 7) is 1.97. The maximum Gasteiger partial charge on any atom is 0.249 e. The van der Waals surface area contributed by atoms with E-state index in [2.05, 4.69) is 6.08 Å². The highest BCUT2D eigenvalue weighted by Crippen LogP contribution is 2.23. The molecule has 0 aromatic rings. The zero-order valence-electron chi connectivity index (χ0n) is 9.39. The number of primary amides is 1. The van der Waals surface area contributed by atoms with Crippen LogP contribution in [-0.2, 0) is 14.3 Å². The minimum atomic E-state index is -0.691. The van der Waals surface area contributed by atoms with E-state index in [0.29, 0.717) is 6.42 Å². The second-order valence-electron chi connectivity index (χ2n) is 3.67. The Labute approximate surface area is 95.1 Å². The molecule has 88 valence electrons. The molecule has 1 amide bonds. The van der Waals surface area contributed by atoms with Gasteiger partial charge in [-0.3, -0.25) is 9.59 Å². The lowest BCUT2D eigenvalue weighted by Gasteiger charge is -1.90. The van der Waals surface area contributed by atoms with Crippen molar-refractivity contribution in [2.75, 3.05) is 0 Å². The van der Waals surface area contributed by atoms with E-state index in [0.717, 1.165) is 12.8 Å². The van der Waals surface area contributed by atoms with Gasteiger partial charge in [-0.05, 0) is 19.8 Å². The Hall–Kier alpha value is -1.42. The molecule has 0 aromatic carbocycles. The first-order valence-electron chi connectivity index (χ1n) is 5.40. The quantitative estimate of drug-likeness (QED) is 0.399. The molecule has 2 atom stereocenters. The van der Waals surface area contributed by atoms with Crippen LogP contribution in [0.15, 0.2) is 24.3 Å². The normalized spacial score (nSPS) is 24.1. The van der Waals surface area contributed by atoms with Crippen LogP contribution in [0.4, 0.5) is 0 Å². The Morgan fingerprint density at radius 2 is 1.88 bits per heavy atom. The third-order valence-corrected chi connectivity index (χ3v) is 2.31. The van der Waals surface area contributed by atoms with E-state index in [1.807, 2.05) is 25.2 Å². The number of nitrogens with two attached hydrogens (primary N) is 1. The molecular weight excluding hydrogens is 206 g/mol. The van der Waals surface area contributed by atoms with Crippen molar-refractivity contribution >= 4 is 11.7 Å². The summed E-state index contributed by atoms with van der Waals surface area (Å²) in [7, 11) is 0. The van der Waals surface area contributed by atoms with Gasteiger partial charge in [0.15, 0.2) is 18.0 Å². The number of amides is 1. The zero-order chi connectivity index (χ0) is 12.0. The maximum absolute atomic E-state index is 11.4. The summed E-state index contributed by atoms with van der Waals surface area (Å²) in [6, 6.07) is 0. The second-order valence-corrected chi connectivity index (χ2v) is 3.67. The monoisotopic (exact) mass is 223 g/mol. The molecule has 0 radical (unpaired) electrons. The Morgan fingerprint density at radius 3 is 2.44 bits per heavy atom. The molecule has 16 heavy (non-hydrogen) atoms. The van der Waals surface area contributed by atoms with Gasteiger partial charge in [-0.15, -0.1) is 0 Å². The van der Waals surface area contributed by atoms with Crippen LogP contribution in [0.1, 0.15) is 26.2 Å². The van der Waals surface area contributed by atoms with Crippen LogP contribution in [-0.4, -0.2) is 23.9 Å². The van der Waals surface area contributed by atoms with E-state index in [4.69, 9.17) is 10.5 Å². The predicted molar refractivity (Wildman–Crippen MR) is 60.7 cm³/mol. The van der Waals surface area contributed by atoms with Gasteiger partial charge in [0.1, 0.15) is 0 Å². The number of ketones is 1. The van der Waals surface area contributed by atoms with E-state index in [9.17, 15) is 9.59 Å². The standard InChI is InChI=1S/C12H17NO3/c1-2-3-4-5-6-7-8-9(14)10-11(16-10)12(13)15/h2-3,6-7,10-11H,4-5,8H2,1H3,(H2,13,15)/b3-2-,7-6-/t10-,11+/m1/s1. The van der Waals surface area contributed by atoms with E-state index in [1.165, 1.54) is 0 Å². The van der Waals surface area contributed by atoms with Gasteiger partial charge in [-0.1, -0.05) is 24.3 Å². The van der Waals surface area contributed by atoms with Gasteiger partial charge in [0.2, 0.25) is 5.91 Å². The van der Waals surface area contributed by atoms with Crippen molar-refractivity contribution in [3.8, 4) is 0 Å². The van der Waals surface area contributed by atoms with Crippen molar-refractivity contribution in [1.82, 2.24) is 0 Å². The van der Waals surface area contributed by atoms with Gasteiger partial charge in [-0.25, -0.2) is 0 Å². The maximum atomic E-state index is 11.4. The molecule has 0 bridgehead atoms. The lowest BCUT2D eigenvalue weighted by atomic mass is 10.1.